The van der Waals surface area contributed by atoms with Gasteiger partial charge in [-0.2, -0.15) is 0 Å². The van der Waals surface area contributed by atoms with Gasteiger partial charge in [0, 0.05) is 5.02 Å². The Bertz CT molecular complexity index is 469. The van der Waals surface area contributed by atoms with Gasteiger partial charge in [0.15, 0.2) is 0 Å². The maximum absolute atomic E-state index is 5.91. The standard InChI is InChI=1S/C8H5Cl2N3O/c9-4-1-2-6(10)5(3-4)7-12-13-8(11)14-7/h1-3H,(H2,11,13). The highest BCUT2D eigenvalue weighted by molar-refractivity contribution is 6.35. The highest BCUT2D eigenvalue weighted by Gasteiger charge is 2.10. The SMILES string of the molecule is Nc1nnc(-c2cc(Cl)ccc2Cl)o1. The zero-order valence-electron chi connectivity index (χ0n) is 6.87. The number of hydrogen-bond acceptors (Lipinski definition) is 4. The first-order chi connectivity index (χ1) is 6.66. The summed E-state index contributed by atoms with van der Waals surface area (Å²) in [6, 6.07) is 4.96. The van der Waals surface area contributed by atoms with Gasteiger partial charge in [-0.15, -0.1) is 5.10 Å². The van der Waals surface area contributed by atoms with Gasteiger partial charge in [0.05, 0.1) is 10.6 Å². The molecule has 0 aliphatic heterocycles. The van der Waals surface area contributed by atoms with Gasteiger partial charge in [-0.1, -0.05) is 28.3 Å². The molecule has 0 saturated carbocycles. The highest BCUT2D eigenvalue weighted by Crippen LogP contribution is 2.29. The molecule has 0 saturated heterocycles. The van der Waals surface area contributed by atoms with Crippen molar-refractivity contribution < 1.29 is 4.42 Å². The lowest BCUT2D eigenvalue weighted by Gasteiger charge is -1.98. The molecule has 0 radical (unpaired) electrons. The van der Waals surface area contributed by atoms with Gasteiger partial charge in [0.25, 0.3) is 5.89 Å². The van der Waals surface area contributed by atoms with Crippen LogP contribution in [-0.2, 0) is 0 Å². The number of benzene rings is 1. The third-order valence-corrected chi connectivity index (χ3v) is 2.16. The minimum atomic E-state index is -0.00366. The van der Waals surface area contributed by atoms with Crippen molar-refractivity contribution in [3.63, 3.8) is 0 Å². The molecule has 0 atom stereocenters. The Kier molecular flexibility index (Phi) is 2.31. The molecule has 2 aromatic rings. The fourth-order valence-corrected chi connectivity index (χ4v) is 1.38. The summed E-state index contributed by atoms with van der Waals surface area (Å²) in [5.41, 5.74) is 5.86. The first-order valence-corrected chi connectivity index (χ1v) is 4.47. The Hall–Kier alpha value is -1.26. The van der Waals surface area contributed by atoms with Crippen LogP contribution in [0.3, 0.4) is 0 Å². The summed E-state index contributed by atoms with van der Waals surface area (Å²) >= 11 is 11.7. The Morgan fingerprint density at radius 3 is 2.64 bits per heavy atom. The van der Waals surface area contributed by atoms with Crippen LogP contribution in [-0.4, -0.2) is 10.2 Å². The van der Waals surface area contributed by atoms with Crippen molar-refractivity contribution >= 4 is 29.2 Å². The third kappa shape index (κ3) is 1.66. The highest BCUT2D eigenvalue weighted by atomic mass is 35.5. The maximum Gasteiger partial charge on any atom is 0.313 e. The zero-order chi connectivity index (χ0) is 10.1. The maximum atomic E-state index is 5.91. The summed E-state index contributed by atoms with van der Waals surface area (Å²) < 4.78 is 5.02. The molecule has 6 heteroatoms. The second kappa shape index (κ2) is 3.48. The molecule has 0 amide bonds. The van der Waals surface area contributed by atoms with Crippen LogP contribution in [0.5, 0.6) is 0 Å². The second-order valence-corrected chi connectivity index (χ2v) is 3.41. The number of hydrogen-bond donors (Lipinski definition) is 1. The van der Waals surface area contributed by atoms with Crippen LogP contribution in [0, 0.1) is 0 Å². The molecule has 1 aromatic carbocycles. The number of nitrogens with zero attached hydrogens (tertiary/aromatic N) is 2. The van der Waals surface area contributed by atoms with Gasteiger partial charge in [-0.05, 0) is 18.2 Å². The van der Waals surface area contributed by atoms with Gasteiger partial charge in [-0.25, -0.2) is 0 Å². The molecule has 14 heavy (non-hydrogen) atoms. The van der Waals surface area contributed by atoms with Crippen molar-refractivity contribution in [2.24, 2.45) is 0 Å². The lowest BCUT2D eigenvalue weighted by molar-refractivity contribution is 0.590. The van der Waals surface area contributed by atoms with E-state index in [0.29, 0.717) is 15.6 Å². The topological polar surface area (TPSA) is 64.9 Å². The van der Waals surface area contributed by atoms with Gasteiger partial charge in [0.1, 0.15) is 0 Å². The summed E-state index contributed by atoms with van der Waals surface area (Å²) in [6.07, 6.45) is 0. The predicted octanol–water partition coefficient (Wildman–Crippen LogP) is 2.63. The molecule has 4 nitrogen and oxygen atoms in total. The number of rotatable bonds is 1. The third-order valence-electron chi connectivity index (χ3n) is 1.60. The normalized spacial score (nSPS) is 10.4. The number of nitrogen functional groups attached to an aromatic ring is 1. The molecule has 1 heterocycles. The van der Waals surface area contributed by atoms with E-state index in [9.17, 15) is 0 Å². The first kappa shape index (κ1) is 9.30. The van der Waals surface area contributed by atoms with Gasteiger partial charge in [0.2, 0.25) is 0 Å². The lowest BCUT2D eigenvalue weighted by atomic mass is 10.2. The van der Waals surface area contributed by atoms with Gasteiger partial charge >= 0.3 is 6.01 Å². The number of halogens is 2. The molecule has 1 aromatic heterocycles. The number of anilines is 1. The molecular weight excluding hydrogens is 225 g/mol. The Morgan fingerprint density at radius 1 is 1.21 bits per heavy atom. The van der Waals surface area contributed by atoms with Crippen LogP contribution in [0.25, 0.3) is 11.5 Å². The Morgan fingerprint density at radius 2 is 2.00 bits per heavy atom. The van der Waals surface area contributed by atoms with Crippen molar-refractivity contribution in [2.45, 2.75) is 0 Å². The van der Waals surface area contributed by atoms with Crippen LogP contribution < -0.4 is 5.73 Å². The van der Waals surface area contributed by atoms with Crippen molar-refractivity contribution in [2.75, 3.05) is 5.73 Å². The van der Waals surface area contributed by atoms with E-state index in [-0.39, 0.29) is 11.9 Å². The Labute approximate surface area is 89.6 Å². The predicted molar refractivity (Wildman–Crippen MR) is 54.2 cm³/mol. The summed E-state index contributed by atoms with van der Waals surface area (Å²) in [7, 11) is 0. The van der Waals surface area contributed by atoms with E-state index >= 15 is 0 Å². The summed E-state index contributed by atoms with van der Waals surface area (Å²) in [6.45, 7) is 0. The van der Waals surface area contributed by atoms with Gasteiger partial charge < -0.3 is 10.2 Å². The molecule has 0 unspecified atom stereocenters. The van der Waals surface area contributed by atoms with Crippen molar-refractivity contribution in [1.29, 1.82) is 0 Å². The van der Waals surface area contributed by atoms with Crippen LogP contribution >= 0.6 is 23.2 Å². The largest absolute Gasteiger partial charge is 0.404 e. The van der Waals surface area contributed by atoms with Crippen molar-refractivity contribution in [1.82, 2.24) is 10.2 Å². The van der Waals surface area contributed by atoms with E-state index < -0.39 is 0 Å². The second-order valence-electron chi connectivity index (χ2n) is 2.57. The molecule has 0 aliphatic carbocycles. The molecule has 0 fully saturated rings. The average molecular weight is 230 g/mol. The van der Waals surface area contributed by atoms with Crippen LogP contribution in [0.4, 0.5) is 6.01 Å². The van der Waals surface area contributed by atoms with E-state index in [1.807, 2.05) is 0 Å². The average Bonchev–Trinajstić information content (AvgIpc) is 2.56. The smallest absolute Gasteiger partial charge is 0.313 e. The number of aromatic nitrogens is 2. The van der Waals surface area contributed by atoms with Crippen molar-refractivity contribution in [3.8, 4) is 11.5 Å². The first-order valence-electron chi connectivity index (χ1n) is 3.71. The lowest BCUT2D eigenvalue weighted by Crippen LogP contribution is -1.81. The fraction of sp³-hybridized carbons (Fsp3) is 0. The van der Waals surface area contributed by atoms with Crippen LogP contribution in [0.1, 0.15) is 0 Å². The van der Waals surface area contributed by atoms with Crippen LogP contribution in [0.15, 0.2) is 22.6 Å². The molecule has 2 rings (SSSR count). The molecule has 0 spiro atoms. The minimum absolute atomic E-state index is 0.00366. The number of nitrogens with two attached hydrogens (primary N) is 1. The summed E-state index contributed by atoms with van der Waals surface area (Å²) in [5.74, 6) is 0.259. The van der Waals surface area contributed by atoms with E-state index in [1.54, 1.807) is 18.2 Å². The molecule has 0 bridgehead atoms. The summed E-state index contributed by atoms with van der Waals surface area (Å²) in [5, 5.41) is 8.25. The molecular formula is C8H5Cl2N3O. The zero-order valence-corrected chi connectivity index (χ0v) is 8.38. The fourth-order valence-electron chi connectivity index (χ4n) is 1.00. The summed E-state index contributed by atoms with van der Waals surface area (Å²) in [4.78, 5) is 0. The Balaban J connectivity index is 2.55. The molecule has 2 N–H and O–H groups in total. The van der Waals surface area contributed by atoms with E-state index in [2.05, 4.69) is 10.2 Å². The van der Waals surface area contributed by atoms with Gasteiger partial charge in [-0.3, -0.25) is 0 Å². The minimum Gasteiger partial charge on any atom is -0.404 e. The molecule has 0 aliphatic rings. The van der Waals surface area contributed by atoms with Crippen molar-refractivity contribution in [3.05, 3.63) is 28.2 Å². The van der Waals surface area contributed by atoms with E-state index in [1.165, 1.54) is 0 Å². The van der Waals surface area contributed by atoms with E-state index in [4.69, 9.17) is 33.4 Å². The monoisotopic (exact) mass is 229 g/mol. The van der Waals surface area contributed by atoms with Crippen LogP contribution in [0.2, 0.25) is 10.0 Å². The quantitative estimate of drug-likeness (QED) is 0.817. The van der Waals surface area contributed by atoms with E-state index in [0.717, 1.165) is 0 Å². The molecule has 72 valence electrons.